The molecule has 1 aliphatic rings. The van der Waals surface area contributed by atoms with Crippen LogP contribution in [0.15, 0.2) is 74.0 Å². The molecule has 10 nitrogen and oxygen atoms in total. The van der Waals surface area contributed by atoms with Crippen LogP contribution in [-0.4, -0.2) is 55.8 Å². The fraction of sp³-hybridized carbons (Fsp3) is 0.273. The van der Waals surface area contributed by atoms with Gasteiger partial charge in [-0.15, -0.1) is 0 Å². The molecule has 0 radical (unpaired) electrons. The van der Waals surface area contributed by atoms with Crippen molar-refractivity contribution in [3.8, 4) is 22.8 Å². The van der Waals surface area contributed by atoms with Crippen LogP contribution in [-0.2, 0) is 9.53 Å². The van der Waals surface area contributed by atoms with Crippen LogP contribution in [0.25, 0.3) is 17.4 Å². The van der Waals surface area contributed by atoms with Gasteiger partial charge >= 0.3 is 5.97 Å². The second-order valence-electron chi connectivity index (χ2n) is 10.1. The van der Waals surface area contributed by atoms with Crippen molar-refractivity contribution >= 4 is 40.9 Å². The Kier molecular flexibility index (Phi) is 9.31. The number of allylic oxidation sites excluding steroid dienone is 1. The number of likely N-dealkylation sites (N-methyl/N-ethyl adjacent to an activating group) is 1. The Hall–Kier alpha value is -4.61. The van der Waals surface area contributed by atoms with Gasteiger partial charge in [0.15, 0.2) is 4.80 Å². The lowest BCUT2D eigenvalue weighted by Gasteiger charge is -2.30. The molecule has 4 aromatic rings. The number of rotatable bonds is 9. The van der Waals surface area contributed by atoms with Crippen LogP contribution in [0.3, 0.4) is 0 Å². The van der Waals surface area contributed by atoms with Crippen molar-refractivity contribution in [2.45, 2.75) is 26.8 Å². The van der Waals surface area contributed by atoms with Gasteiger partial charge in [0.05, 0.1) is 47.7 Å². The Morgan fingerprint density at radius 1 is 1.07 bits per heavy atom. The fourth-order valence-corrected chi connectivity index (χ4v) is 6.50. The molecule has 5 rings (SSSR count). The average molecular weight is 650 g/mol. The molecule has 0 fully saturated rings. The lowest BCUT2D eigenvalue weighted by atomic mass is 9.93. The summed E-state index contributed by atoms with van der Waals surface area (Å²) in [6, 6.07) is 12.8. The van der Waals surface area contributed by atoms with Crippen molar-refractivity contribution in [1.82, 2.24) is 9.47 Å². The number of carbonyl (C=O) groups is 2. The van der Waals surface area contributed by atoms with E-state index in [4.69, 9.17) is 35.2 Å². The number of carbonyl (C=O) groups excluding carboxylic acids is 2. The topological polar surface area (TPSA) is 113 Å². The van der Waals surface area contributed by atoms with E-state index in [0.29, 0.717) is 67.8 Å². The number of aromatic nitrogens is 1. The van der Waals surface area contributed by atoms with E-state index in [1.54, 1.807) is 80.7 Å². The number of hydrogen-bond acceptors (Lipinski definition) is 9. The number of benzene rings is 2. The van der Waals surface area contributed by atoms with Gasteiger partial charge < -0.3 is 23.5 Å². The van der Waals surface area contributed by atoms with E-state index in [2.05, 4.69) is 0 Å². The van der Waals surface area contributed by atoms with Gasteiger partial charge in [0.2, 0.25) is 0 Å². The number of fused-ring (bicyclic) bond motifs is 1. The summed E-state index contributed by atoms with van der Waals surface area (Å²) < 4.78 is 24.0. The van der Waals surface area contributed by atoms with Crippen molar-refractivity contribution in [3.05, 3.63) is 101 Å². The molecule has 0 unspecified atom stereocenters. The molecule has 45 heavy (non-hydrogen) atoms. The number of ether oxygens (including phenoxy) is 3. The molecule has 1 aliphatic heterocycles. The van der Waals surface area contributed by atoms with E-state index in [0.717, 1.165) is 0 Å². The molecule has 0 N–H and O–H groups in total. The Bertz CT molecular complexity index is 2000. The van der Waals surface area contributed by atoms with Crippen molar-refractivity contribution in [2.24, 2.45) is 4.99 Å². The number of esters is 1. The van der Waals surface area contributed by atoms with E-state index in [1.165, 1.54) is 23.0 Å². The third-order valence-corrected chi connectivity index (χ3v) is 8.90. The maximum atomic E-state index is 14.2. The predicted molar refractivity (Wildman–Crippen MR) is 172 cm³/mol. The minimum atomic E-state index is -0.820. The normalized spacial score (nSPS) is 14.6. The van der Waals surface area contributed by atoms with E-state index in [-0.39, 0.29) is 22.1 Å². The van der Waals surface area contributed by atoms with Gasteiger partial charge in [-0.2, -0.15) is 0 Å². The third-order valence-electron chi connectivity index (χ3n) is 7.59. The summed E-state index contributed by atoms with van der Waals surface area (Å²) in [6.45, 7) is 6.58. The van der Waals surface area contributed by atoms with Crippen LogP contribution >= 0.6 is 22.9 Å². The quantitative estimate of drug-likeness (QED) is 0.239. The van der Waals surface area contributed by atoms with Gasteiger partial charge in [0, 0.05) is 30.3 Å². The largest absolute Gasteiger partial charge is 0.497 e. The van der Waals surface area contributed by atoms with Gasteiger partial charge in [0.25, 0.3) is 11.5 Å². The van der Waals surface area contributed by atoms with Gasteiger partial charge in [-0.05, 0) is 69.3 Å². The molecule has 2 aromatic heterocycles. The second-order valence-corrected chi connectivity index (χ2v) is 11.5. The van der Waals surface area contributed by atoms with Crippen molar-refractivity contribution < 1.29 is 28.2 Å². The van der Waals surface area contributed by atoms with Crippen LogP contribution in [0.2, 0.25) is 5.02 Å². The van der Waals surface area contributed by atoms with E-state index < -0.39 is 12.0 Å². The van der Waals surface area contributed by atoms with Crippen molar-refractivity contribution in [3.63, 3.8) is 0 Å². The lowest BCUT2D eigenvalue weighted by molar-refractivity contribution is -0.127. The first-order chi connectivity index (χ1) is 21.6. The molecular weight excluding hydrogens is 618 g/mol. The number of furan rings is 1. The molecule has 234 valence electrons. The molecule has 0 aliphatic carbocycles. The molecule has 1 amide bonds. The fourth-order valence-electron chi connectivity index (χ4n) is 5.28. The molecule has 0 saturated heterocycles. The standard InChI is InChI=1S/C33H32ClN3O7S/c1-7-36(8-2)31(39)28-18(3)35-33-37(29(28)23-16-20(41-4)10-14-26(23)42-5)30(38)27(45-33)17-21-11-13-25(44-21)19-9-12-24(34)22(15-19)32(40)43-6/h9-17,29H,7-8H2,1-6H3/b27-17+/t29-/m0/s1. The molecular formula is C33H32ClN3O7S. The molecule has 3 heterocycles. The summed E-state index contributed by atoms with van der Waals surface area (Å²) in [6.07, 6.45) is 1.63. The number of amides is 1. The van der Waals surface area contributed by atoms with Gasteiger partial charge in [-0.1, -0.05) is 22.9 Å². The maximum absolute atomic E-state index is 14.2. The molecule has 0 spiro atoms. The summed E-state index contributed by atoms with van der Waals surface area (Å²) in [5, 5.41) is 0.259. The number of methoxy groups -OCH3 is 3. The Morgan fingerprint density at radius 2 is 1.82 bits per heavy atom. The van der Waals surface area contributed by atoms with Crippen LogP contribution in [0.5, 0.6) is 11.5 Å². The smallest absolute Gasteiger partial charge is 0.339 e. The molecule has 0 bridgehead atoms. The lowest BCUT2D eigenvalue weighted by Crippen LogP contribution is -2.43. The molecule has 2 aromatic carbocycles. The van der Waals surface area contributed by atoms with E-state index in [1.807, 2.05) is 13.8 Å². The Balaban J connectivity index is 1.66. The monoisotopic (exact) mass is 649 g/mol. The van der Waals surface area contributed by atoms with Crippen LogP contribution in [0.1, 0.15) is 48.5 Å². The van der Waals surface area contributed by atoms with Crippen molar-refractivity contribution in [2.75, 3.05) is 34.4 Å². The first kappa shape index (κ1) is 31.8. The predicted octanol–water partition coefficient (Wildman–Crippen LogP) is 4.82. The van der Waals surface area contributed by atoms with Crippen LogP contribution in [0.4, 0.5) is 0 Å². The highest BCUT2D eigenvalue weighted by molar-refractivity contribution is 7.07. The number of thiazole rings is 1. The zero-order chi connectivity index (χ0) is 32.4. The van der Waals surface area contributed by atoms with Crippen molar-refractivity contribution in [1.29, 1.82) is 0 Å². The van der Waals surface area contributed by atoms with Crippen LogP contribution < -0.4 is 24.4 Å². The number of hydrogen-bond donors (Lipinski definition) is 0. The molecule has 12 heteroatoms. The summed E-state index contributed by atoms with van der Waals surface area (Å²) in [7, 11) is 4.38. The SMILES string of the molecule is CCN(CC)C(=O)C1=C(C)N=c2s/c(=C/c3ccc(-c4ccc(Cl)c(C(=O)OC)c4)o3)c(=O)n2[C@H]1c1cc(OC)ccc1OC. The maximum Gasteiger partial charge on any atom is 0.339 e. The highest BCUT2D eigenvalue weighted by atomic mass is 35.5. The van der Waals surface area contributed by atoms with Crippen LogP contribution in [0, 0.1) is 0 Å². The molecule has 1 atom stereocenters. The minimum Gasteiger partial charge on any atom is -0.497 e. The van der Waals surface area contributed by atoms with Gasteiger partial charge in [-0.3, -0.25) is 14.2 Å². The molecule has 0 saturated carbocycles. The second kappa shape index (κ2) is 13.2. The number of nitrogens with zero attached hydrogens (tertiary/aromatic N) is 3. The summed E-state index contributed by atoms with van der Waals surface area (Å²) in [4.78, 5) is 47.1. The summed E-state index contributed by atoms with van der Waals surface area (Å²) in [5.74, 6) is 1.16. The average Bonchev–Trinajstić information content (AvgIpc) is 3.64. The summed E-state index contributed by atoms with van der Waals surface area (Å²) in [5.41, 5.74) is 1.97. The van der Waals surface area contributed by atoms with E-state index >= 15 is 0 Å². The Morgan fingerprint density at radius 3 is 2.49 bits per heavy atom. The highest BCUT2D eigenvalue weighted by Crippen LogP contribution is 2.38. The first-order valence-corrected chi connectivity index (χ1v) is 15.4. The van der Waals surface area contributed by atoms with Gasteiger partial charge in [0.1, 0.15) is 29.1 Å². The van der Waals surface area contributed by atoms with Gasteiger partial charge in [-0.25, -0.2) is 9.79 Å². The summed E-state index contributed by atoms with van der Waals surface area (Å²) >= 11 is 7.37. The minimum absolute atomic E-state index is 0.210. The zero-order valence-corrected chi connectivity index (χ0v) is 27.2. The number of halogens is 1. The van der Waals surface area contributed by atoms with E-state index in [9.17, 15) is 14.4 Å². The highest BCUT2D eigenvalue weighted by Gasteiger charge is 2.36. The zero-order valence-electron chi connectivity index (χ0n) is 25.7. The third kappa shape index (κ3) is 5.93. The Labute approximate surface area is 268 Å². The first-order valence-electron chi connectivity index (χ1n) is 14.2.